The Morgan fingerprint density at radius 3 is 2.05 bits per heavy atom. The molecule has 1 amide bonds. The monoisotopic (exact) mass is 525 g/mol. The number of esters is 1. The van der Waals surface area contributed by atoms with E-state index in [1.54, 1.807) is 6.92 Å². The molecule has 0 N–H and O–H groups in total. The van der Waals surface area contributed by atoms with Crippen molar-refractivity contribution in [2.45, 2.75) is 129 Å². The standard InChI is InChI=1S/C33H51NO4/c1-4-6-7-8-9-10-11-12-13-14-18-21-28(35)37-24(3)38-33(36)34(5-2)32-27-23-22-26-30(27)31(26)29(32)25-19-16-15-17-20-25/h15-17,19-20,24,26-27,29-32H,4-14,18,21-23H2,1-3H3. The number of carbonyl (C=O) groups excluding carboxylic acids is 2. The number of rotatable bonds is 17. The number of nitrogens with zero attached hydrogens (tertiary/aromatic N) is 1. The lowest BCUT2D eigenvalue weighted by atomic mass is 9.85. The van der Waals surface area contributed by atoms with Crippen LogP contribution in [-0.4, -0.2) is 35.8 Å². The second-order valence-electron chi connectivity index (χ2n) is 12.0. The number of hydrogen-bond donors (Lipinski definition) is 0. The minimum Gasteiger partial charge on any atom is -0.425 e. The van der Waals surface area contributed by atoms with E-state index in [9.17, 15) is 9.59 Å². The van der Waals surface area contributed by atoms with Crippen LogP contribution in [0.1, 0.15) is 122 Å². The molecule has 212 valence electrons. The summed E-state index contributed by atoms with van der Waals surface area (Å²) < 4.78 is 11.1. The zero-order valence-electron chi connectivity index (χ0n) is 24.1. The van der Waals surface area contributed by atoms with E-state index in [0.717, 1.165) is 24.7 Å². The lowest BCUT2D eigenvalue weighted by molar-refractivity contribution is -0.166. The van der Waals surface area contributed by atoms with Crippen LogP contribution < -0.4 is 0 Å². The van der Waals surface area contributed by atoms with Gasteiger partial charge in [-0.2, -0.15) is 0 Å². The minimum atomic E-state index is -0.862. The first-order valence-electron chi connectivity index (χ1n) is 15.8. The Hall–Kier alpha value is -2.04. The average molecular weight is 526 g/mol. The summed E-state index contributed by atoms with van der Waals surface area (Å²) in [6.07, 6.45) is 15.4. The van der Waals surface area contributed by atoms with Crippen LogP contribution in [0.15, 0.2) is 30.3 Å². The number of ether oxygens (including phenoxy) is 2. The molecule has 0 bridgehead atoms. The van der Waals surface area contributed by atoms with Crippen LogP contribution in [0.5, 0.6) is 0 Å². The summed E-state index contributed by atoms with van der Waals surface area (Å²) in [7, 11) is 0. The van der Waals surface area contributed by atoms with Crippen molar-refractivity contribution in [3.63, 3.8) is 0 Å². The molecular formula is C33H51NO4. The molecule has 0 saturated heterocycles. The molecule has 3 aliphatic rings. The average Bonchev–Trinajstić information content (AvgIpc) is 3.34. The van der Waals surface area contributed by atoms with Gasteiger partial charge in [0.25, 0.3) is 0 Å². The van der Waals surface area contributed by atoms with Gasteiger partial charge >= 0.3 is 12.1 Å². The van der Waals surface area contributed by atoms with E-state index >= 15 is 0 Å². The van der Waals surface area contributed by atoms with Gasteiger partial charge in [0.15, 0.2) is 0 Å². The van der Waals surface area contributed by atoms with Crippen LogP contribution >= 0.6 is 0 Å². The summed E-state index contributed by atoms with van der Waals surface area (Å²) in [6.45, 7) is 6.55. The van der Waals surface area contributed by atoms with Gasteiger partial charge in [-0.05, 0) is 55.4 Å². The Morgan fingerprint density at radius 2 is 1.42 bits per heavy atom. The van der Waals surface area contributed by atoms with Crippen molar-refractivity contribution < 1.29 is 19.1 Å². The molecule has 0 aliphatic heterocycles. The molecule has 0 heterocycles. The van der Waals surface area contributed by atoms with E-state index in [4.69, 9.17) is 9.47 Å². The summed E-state index contributed by atoms with van der Waals surface area (Å²) in [5.74, 6) is 2.96. The highest BCUT2D eigenvalue weighted by Crippen LogP contribution is 2.73. The predicted octanol–water partition coefficient (Wildman–Crippen LogP) is 8.47. The molecule has 7 unspecified atom stereocenters. The molecule has 38 heavy (non-hydrogen) atoms. The molecule has 5 nitrogen and oxygen atoms in total. The van der Waals surface area contributed by atoms with Crippen LogP contribution in [0, 0.1) is 23.7 Å². The maximum atomic E-state index is 13.3. The quantitative estimate of drug-likeness (QED) is 0.116. The second-order valence-corrected chi connectivity index (χ2v) is 12.0. The minimum absolute atomic E-state index is 0.169. The topological polar surface area (TPSA) is 55.8 Å². The lowest BCUT2D eigenvalue weighted by Crippen LogP contribution is -2.47. The van der Waals surface area contributed by atoms with Crippen LogP contribution in [0.2, 0.25) is 0 Å². The zero-order chi connectivity index (χ0) is 26.9. The summed E-state index contributed by atoms with van der Waals surface area (Å²) in [5.41, 5.74) is 1.34. The first kappa shape index (κ1) is 29.0. The van der Waals surface area contributed by atoms with E-state index in [1.165, 1.54) is 76.2 Å². The highest BCUT2D eigenvalue weighted by molar-refractivity contribution is 5.71. The smallest absolute Gasteiger partial charge is 0.413 e. The largest absolute Gasteiger partial charge is 0.425 e. The maximum Gasteiger partial charge on any atom is 0.413 e. The van der Waals surface area contributed by atoms with Crippen molar-refractivity contribution in [3.05, 3.63) is 35.9 Å². The lowest BCUT2D eigenvalue weighted by Gasteiger charge is -2.37. The van der Waals surface area contributed by atoms with E-state index in [-0.39, 0.29) is 18.1 Å². The first-order valence-corrected chi connectivity index (χ1v) is 15.8. The number of amides is 1. The van der Waals surface area contributed by atoms with Crippen LogP contribution in [-0.2, 0) is 14.3 Å². The van der Waals surface area contributed by atoms with Gasteiger partial charge in [0.1, 0.15) is 0 Å². The van der Waals surface area contributed by atoms with Gasteiger partial charge in [-0.3, -0.25) is 4.79 Å². The Labute approximate surface area is 231 Å². The fourth-order valence-electron chi connectivity index (χ4n) is 7.78. The first-order chi connectivity index (χ1) is 18.6. The maximum absolute atomic E-state index is 13.3. The number of unbranched alkanes of at least 4 members (excludes halogenated alkanes) is 10. The SMILES string of the molecule is CCCCCCCCCCCCCC(=O)OC(C)OC(=O)N(CC)C1C2CCC3C2C3C1c1ccccc1. The zero-order valence-corrected chi connectivity index (χ0v) is 24.1. The highest BCUT2D eigenvalue weighted by Gasteiger charge is 2.70. The summed E-state index contributed by atoms with van der Waals surface area (Å²) >= 11 is 0. The Morgan fingerprint density at radius 1 is 0.816 bits per heavy atom. The van der Waals surface area contributed by atoms with Gasteiger partial charge in [-0.25, -0.2) is 4.79 Å². The van der Waals surface area contributed by atoms with Gasteiger partial charge in [0, 0.05) is 31.8 Å². The third-order valence-corrected chi connectivity index (χ3v) is 9.51. The van der Waals surface area contributed by atoms with Crippen LogP contribution in [0.25, 0.3) is 0 Å². The van der Waals surface area contributed by atoms with Gasteiger partial charge in [0.2, 0.25) is 6.29 Å². The molecule has 4 rings (SSSR count). The van der Waals surface area contributed by atoms with E-state index in [2.05, 4.69) is 37.3 Å². The van der Waals surface area contributed by atoms with Crippen molar-refractivity contribution in [1.82, 2.24) is 4.90 Å². The molecule has 7 atom stereocenters. The predicted molar refractivity (Wildman–Crippen MR) is 152 cm³/mol. The van der Waals surface area contributed by atoms with Crippen molar-refractivity contribution in [2.75, 3.05) is 6.54 Å². The highest BCUT2D eigenvalue weighted by atomic mass is 16.7. The van der Waals surface area contributed by atoms with E-state index in [0.29, 0.717) is 30.7 Å². The van der Waals surface area contributed by atoms with Gasteiger partial charge in [-0.15, -0.1) is 0 Å². The van der Waals surface area contributed by atoms with Crippen molar-refractivity contribution in [3.8, 4) is 0 Å². The van der Waals surface area contributed by atoms with Gasteiger partial charge < -0.3 is 14.4 Å². The molecule has 5 heteroatoms. The second kappa shape index (κ2) is 14.4. The number of benzene rings is 1. The third-order valence-electron chi connectivity index (χ3n) is 9.51. The normalized spacial score (nSPS) is 27.6. The third kappa shape index (κ3) is 7.12. The van der Waals surface area contributed by atoms with Gasteiger partial charge in [0.05, 0.1) is 0 Å². The molecule has 1 aromatic carbocycles. The van der Waals surface area contributed by atoms with Crippen LogP contribution in [0.3, 0.4) is 0 Å². The summed E-state index contributed by atoms with van der Waals surface area (Å²) in [6, 6.07) is 10.9. The molecule has 3 aliphatic carbocycles. The molecule has 1 aromatic rings. The molecule has 3 saturated carbocycles. The summed E-state index contributed by atoms with van der Waals surface area (Å²) in [4.78, 5) is 27.6. The molecule has 3 fully saturated rings. The van der Waals surface area contributed by atoms with Crippen LogP contribution in [0.4, 0.5) is 4.79 Å². The number of likely N-dealkylation sites (N-methyl/N-ethyl adjacent to an activating group) is 1. The number of fused-ring (bicyclic) bond motifs is 1. The van der Waals surface area contributed by atoms with E-state index < -0.39 is 6.29 Å². The fourth-order valence-corrected chi connectivity index (χ4v) is 7.78. The Balaban J connectivity index is 1.15. The number of carbonyl (C=O) groups is 2. The molecule has 0 spiro atoms. The van der Waals surface area contributed by atoms with Crippen molar-refractivity contribution in [1.29, 1.82) is 0 Å². The van der Waals surface area contributed by atoms with Crippen molar-refractivity contribution in [2.24, 2.45) is 23.7 Å². The Kier molecular flexibility index (Phi) is 11.0. The van der Waals surface area contributed by atoms with Crippen molar-refractivity contribution >= 4 is 12.1 Å². The Bertz CT molecular complexity index is 873. The van der Waals surface area contributed by atoms with Gasteiger partial charge in [-0.1, -0.05) is 101 Å². The number of hydrogen-bond acceptors (Lipinski definition) is 4. The van der Waals surface area contributed by atoms with E-state index in [1.807, 2.05) is 11.8 Å². The molecule has 0 radical (unpaired) electrons. The summed E-state index contributed by atoms with van der Waals surface area (Å²) in [5, 5.41) is 0. The molecule has 0 aromatic heterocycles. The molecular weight excluding hydrogens is 474 g/mol. The fraction of sp³-hybridized carbons (Fsp3) is 0.758.